The first-order valence-corrected chi connectivity index (χ1v) is 9.29. The predicted molar refractivity (Wildman–Crippen MR) is 85.9 cm³/mol. The number of nitrogens with zero attached hydrogens (tertiary/aromatic N) is 1. The van der Waals surface area contributed by atoms with Crippen LogP contribution in [0.5, 0.6) is 0 Å². The molecule has 0 spiro atoms. The van der Waals surface area contributed by atoms with Crippen molar-refractivity contribution in [1.82, 2.24) is 4.31 Å². The molecule has 0 amide bonds. The first kappa shape index (κ1) is 19.1. The number of benzene rings is 1. The van der Waals surface area contributed by atoms with Crippen molar-refractivity contribution in [3.05, 3.63) is 28.5 Å². The van der Waals surface area contributed by atoms with Gasteiger partial charge in [0.1, 0.15) is 10.7 Å². The minimum atomic E-state index is -3.95. The van der Waals surface area contributed by atoms with Crippen LogP contribution in [0.25, 0.3) is 0 Å². The number of aryl methyl sites for hydroxylation is 1. The number of epoxide rings is 1. The molecule has 1 saturated heterocycles. The highest BCUT2D eigenvalue weighted by atomic mass is 35.5. The number of carbonyl (C=O) groups excluding carboxylic acids is 1. The van der Waals surface area contributed by atoms with Crippen molar-refractivity contribution in [2.75, 3.05) is 26.8 Å². The molecule has 1 aromatic rings. The van der Waals surface area contributed by atoms with E-state index in [-0.39, 0.29) is 47.6 Å². The third kappa shape index (κ3) is 4.66. The monoisotopic (exact) mass is 379 g/mol. The van der Waals surface area contributed by atoms with Crippen molar-refractivity contribution in [3.8, 4) is 0 Å². The Morgan fingerprint density at radius 2 is 2.17 bits per heavy atom. The van der Waals surface area contributed by atoms with Crippen LogP contribution in [0.1, 0.15) is 18.9 Å². The van der Waals surface area contributed by atoms with Gasteiger partial charge in [0.05, 0.1) is 24.3 Å². The molecule has 0 aromatic heterocycles. The Kier molecular flexibility index (Phi) is 6.19. The van der Waals surface area contributed by atoms with E-state index >= 15 is 0 Å². The number of ether oxygens (including phenoxy) is 2. The van der Waals surface area contributed by atoms with E-state index < -0.39 is 21.8 Å². The lowest BCUT2D eigenvalue weighted by Gasteiger charge is -2.18. The molecule has 1 aliphatic heterocycles. The average Bonchev–Trinajstić information content (AvgIpc) is 3.31. The van der Waals surface area contributed by atoms with Crippen LogP contribution in [0.2, 0.25) is 5.02 Å². The molecule has 0 bridgehead atoms. The van der Waals surface area contributed by atoms with Gasteiger partial charge in [-0.2, -0.15) is 4.31 Å². The smallest absolute Gasteiger partial charge is 0.306 e. The Morgan fingerprint density at radius 3 is 2.75 bits per heavy atom. The molecule has 0 aliphatic carbocycles. The normalized spacial score (nSPS) is 17.1. The quantitative estimate of drug-likeness (QED) is 0.510. The molecule has 6 nitrogen and oxygen atoms in total. The summed E-state index contributed by atoms with van der Waals surface area (Å²) in [6.45, 7) is 2.59. The van der Waals surface area contributed by atoms with E-state index in [0.29, 0.717) is 6.61 Å². The number of hydrogen-bond acceptors (Lipinski definition) is 5. The van der Waals surface area contributed by atoms with E-state index in [4.69, 9.17) is 21.1 Å². The van der Waals surface area contributed by atoms with E-state index in [1.807, 2.05) is 0 Å². The molecule has 0 radical (unpaired) electrons. The first-order valence-electron chi connectivity index (χ1n) is 7.47. The summed E-state index contributed by atoms with van der Waals surface area (Å²) in [4.78, 5) is 11.1. The minimum Gasteiger partial charge on any atom is -0.466 e. The minimum absolute atomic E-state index is 0.0117. The number of carbonyl (C=O) groups is 1. The second kappa shape index (κ2) is 7.77. The topological polar surface area (TPSA) is 76.2 Å². The zero-order chi connectivity index (χ0) is 17.9. The highest BCUT2D eigenvalue weighted by Gasteiger charge is 2.32. The zero-order valence-electron chi connectivity index (χ0n) is 13.4. The predicted octanol–water partition coefficient (Wildman–Crippen LogP) is 1.99. The fraction of sp³-hybridized carbons (Fsp3) is 0.533. The molecule has 1 aromatic carbocycles. The van der Waals surface area contributed by atoms with E-state index in [9.17, 15) is 17.6 Å². The Labute approximate surface area is 145 Å². The molecule has 0 N–H and O–H groups in total. The van der Waals surface area contributed by atoms with E-state index in [1.54, 1.807) is 6.92 Å². The number of hydrogen-bond donors (Lipinski definition) is 0. The summed E-state index contributed by atoms with van der Waals surface area (Å²) >= 11 is 6.17. The highest BCUT2D eigenvalue weighted by molar-refractivity contribution is 7.89. The Balaban J connectivity index is 2.25. The van der Waals surface area contributed by atoms with Crippen molar-refractivity contribution in [2.45, 2.75) is 30.8 Å². The lowest BCUT2D eigenvalue weighted by atomic mass is 10.1. The number of halogens is 2. The molecule has 1 heterocycles. The van der Waals surface area contributed by atoms with Crippen molar-refractivity contribution in [3.63, 3.8) is 0 Å². The molecule has 0 unspecified atom stereocenters. The molecule has 9 heteroatoms. The second-order valence-corrected chi connectivity index (χ2v) is 7.81. The second-order valence-electron chi connectivity index (χ2n) is 5.42. The first-order chi connectivity index (χ1) is 11.3. The van der Waals surface area contributed by atoms with Gasteiger partial charge in [-0.3, -0.25) is 4.79 Å². The van der Waals surface area contributed by atoms with Gasteiger partial charge in [-0.25, -0.2) is 12.8 Å². The van der Waals surface area contributed by atoms with Gasteiger partial charge in [-0.05, 0) is 31.0 Å². The van der Waals surface area contributed by atoms with Crippen LogP contribution >= 0.6 is 11.6 Å². The van der Waals surface area contributed by atoms with Crippen molar-refractivity contribution in [2.24, 2.45) is 0 Å². The Bertz CT molecular complexity index is 721. The van der Waals surface area contributed by atoms with Crippen molar-refractivity contribution >= 4 is 27.6 Å². The fourth-order valence-electron chi connectivity index (χ4n) is 2.18. The van der Waals surface area contributed by atoms with Crippen LogP contribution in [0.15, 0.2) is 17.0 Å². The summed E-state index contributed by atoms with van der Waals surface area (Å²) < 4.78 is 49.9. The van der Waals surface area contributed by atoms with Crippen LogP contribution in [-0.4, -0.2) is 51.6 Å². The maximum atomic E-state index is 13.9. The lowest BCUT2D eigenvalue weighted by molar-refractivity contribution is -0.143. The number of esters is 1. The van der Waals surface area contributed by atoms with E-state index in [0.717, 1.165) is 16.4 Å². The van der Waals surface area contributed by atoms with Gasteiger partial charge >= 0.3 is 5.97 Å². The van der Waals surface area contributed by atoms with Gasteiger partial charge in [-0.1, -0.05) is 11.6 Å². The molecule has 1 atom stereocenters. The fourth-order valence-corrected chi connectivity index (χ4v) is 4.00. The summed E-state index contributed by atoms with van der Waals surface area (Å²) in [5.41, 5.74) is 0.249. The summed E-state index contributed by atoms with van der Waals surface area (Å²) in [7, 11) is -2.57. The molecule has 1 fully saturated rings. The maximum Gasteiger partial charge on any atom is 0.306 e. The van der Waals surface area contributed by atoms with Gasteiger partial charge in [-0.15, -0.1) is 0 Å². The van der Waals surface area contributed by atoms with Crippen LogP contribution in [0, 0.1) is 5.82 Å². The van der Waals surface area contributed by atoms with Crippen LogP contribution < -0.4 is 0 Å². The third-order valence-electron chi connectivity index (χ3n) is 3.53. The summed E-state index contributed by atoms with van der Waals surface area (Å²) in [6, 6.07) is 2.01. The summed E-state index contributed by atoms with van der Waals surface area (Å²) in [5.74, 6) is -1.18. The largest absolute Gasteiger partial charge is 0.466 e. The highest BCUT2D eigenvalue weighted by Crippen LogP contribution is 2.30. The number of sulfonamides is 1. The molecular weight excluding hydrogens is 361 g/mol. The van der Waals surface area contributed by atoms with Gasteiger partial charge in [0.25, 0.3) is 0 Å². The average molecular weight is 380 g/mol. The third-order valence-corrected chi connectivity index (χ3v) is 5.94. The van der Waals surface area contributed by atoms with Gasteiger partial charge < -0.3 is 9.47 Å². The number of likely N-dealkylation sites (N-methyl/N-ethyl adjacent to an activating group) is 1. The van der Waals surface area contributed by atoms with E-state index in [1.165, 1.54) is 7.05 Å². The standard InChI is InChI=1S/C15H19ClFNO5S/c1-3-22-14(19)5-4-10-6-11(17)7-13(15(10)16)24(20,21)18(2)8-12-9-23-12/h6-7,12H,3-5,8-9H2,1-2H3/t12-/m0/s1. The SMILES string of the molecule is CCOC(=O)CCc1cc(F)cc(S(=O)(=O)N(C)C[C@H]2CO2)c1Cl. The molecule has 2 rings (SSSR count). The molecule has 134 valence electrons. The Morgan fingerprint density at radius 1 is 1.50 bits per heavy atom. The lowest BCUT2D eigenvalue weighted by Crippen LogP contribution is -2.31. The van der Waals surface area contributed by atoms with Crippen LogP contribution in [-0.2, 0) is 30.7 Å². The molecule has 1 aliphatic rings. The molecule has 24 heavy (non-hydrogen) atoms. The number of rotatable bonds is 8. The van der Waals surface area contributed by atoms with Crippen molar-refractivity contribution < 1.29 is 27.1 Å². The summed E-state index contributed by atoms with van der Waals surface area (Å²) in [5, 5.41) is -0.0794. The maximum absolute atomic E-state index is 13.9. The van der Waals surface area contributed by atoms with Crippen molar-refractivity contribution in [1.29, 1.82) is 0 Å². The van der Waals surface area contributed by atoms with Gasteiger partial charge in [0.2, 0.25) is 10.0 Å². The van der Waals surface area contributed by atoms with Crippen LogP contribution in [0.4, 0.5) is 4.39 Å². The van der Waals surface area contributed by atoms with E-state index in [2.05, 4.69) is 0 Å². The zero-order valence-corrected chi connectivity index (χ0v) is 15.0. The van der Waals surface area contributed by atoms with Crippen LogP contribution in [0.3, 0.4) is 0 Å². The van der Waals surface area contributed by atoms with Gasteiger partial charge in [0.15, 0.2) is 0 Å². The molecular formula is C15H19ClFNO5S. The summed E-state index contributed by atoms with van der Waals surface area (Å²) in [6.07, 6.45) is -0.0595. The molecule has 0 saturated carbocycles. The van der Waals surface area contributed by atoms with Gasteiger partial charge in [0, 0.05) is 20.0 Å². The Hall–Kier alpha value is -1.22.